The number of carbonyl (C=O) groups is 1. The van der Waals surface area contributed by atoms with Crippen LogP contribution in [0.2, 0.25) is 0 Å². The molecule has 1 amide bonds. The molecule has 0 radical (unpaired) electrons. The third-order valence-electron chi connectivity index (χ3n) is 4.96. The van der Waals surface area contributed by atoms with Crippen molar-refractivity contribution >= 4 is 41.5 Å². The molecule has 0 aliphatic carbocycles. The minimum absolute atomic E-state index is 0. The summed E-state index contributed by atoms with van der Waals surface area (Å²) in [5, 5.41) is 9.62. The topological polar surface area (TPSA) is 78.0 Å². The number of guanidine groups is 1. The Kier molecular flexibility index (Phi) is 11.3. The second-order valence-electron chi connectivity index (χ2n) is 7.22. The smallest absolute Gasteiger partial charge is 0.225 e. The van der Waals surface area contributed by atoms with Gasteiger partial charge in [-0.15, -0.1) is 24.0 Å². The van der Waals surface area contributed by atoms with Crippen molar-refractivity contribution in [3.63, 3.8) is 0 Å². The Morgan fingerprint density at radius 1 is 1.00 bits per heavy atom. The largest absolute Gasteiger partial charge is 0.379 e. The van der Waals surface area contributed by atoms with E-state index in [1.54, 1.807) is 7.05 Å². The lowest BCUT2D eigenvalue weighted by atomic mass is 10.2. The normalized spacial score (nSPS) is 14.4. The van der Waals surface area contributed by atoms with Crippen LogP contribution in [0.4, 0.5) is 5.69 Å². The molecule has 1 aliphatic rings. The molecule has 7 nitrogen and oxygen atoms in total. The second kappa shape index (κ2) is 14.0. The molecule has 1 heterocycles. The summed E-state index contributed by atoms with van der Waals surface area (Å²) >= 11 is 0. The molecule has 3 N–H and O–H groups in total. The standard InChI is InChI=1S/C23H31N5O2.HI/c1-24-23(25-17-19-6-3-2-4-7-19)26-18-20-8-5-9-21(16-20)27-22(29)10-11-28-12-14-30-15-13-28;/h2-9,16H,10-15,17-18H2,1H3,(H,27,29)(H2,24,25,26);1H. The molecule has 1 fully saturated rings. The molecule has 8 heteroatoms. The average Bonchev–Trinajstić information content (AvgIpc) is 2.79. The van der Waals surface area contributed by atoms with Crippen LogP contribution in [0.15, 0.2) is 59.6 Å². The maximum atomic E-state index is 12.3. The Bertz CT molecular complexity index is 826. The van der Waals surface area contributed by atoms with Crippen LogP contribution in [0.25, 0.3) is 0 Å². The summed E-state index contributed by atoms with van der Waals surface area (Å²) in [6, 6.07) is 18.1. The lowest BCUT2D eigenvalue weighted by Gasteiger charge is -2.26. The first kappa shape index (κ1) is 25.1. The van der Waals surface area contributed by atoms with Gasteiger partial charge in [0.05, 0.1) is 13.2 Å². The number of anilines is 1. The number of carbonyl (C=O) groups excluding carboxylic acids is 1. The van der Waals surface area contributed by atoms with Gasteiger partial charge >= 0.3 is 0 Å². The van der Waals surface area contributed by atoms with E-state index in [4.69, 9.17) is 4.74 Å². The molecular formula is C23H32IN5O2. The van der Waals surface area contributed by atoms with Crippen molar-refractivity contribution in [3.8, 4) is 0 Å². The summed E-state index contributed by atoms with van der Waals surface area (Å²) < 4.78 is 5.34. The highest BCUT2D eigenvalue weighted by Crippen LogP contribution is 2.11. The fraction of sp³-hybridized carbons (Fsp3) is 0.391. The molecule has 0 aromatic heterocycles. The summed E-state index contributed by atoms with van der Waals surface area (Å²) in [7, 11) is 1.76. The zero-order chi connectivity index (χ0) is 21.0. The molecule has 2 aromatic rings. The molecule has 0 unspecified atom stereocenters. The second-order valence-corrected chi connectivity index (χ2v) is 7.22. The van der Waals surface area contributed by atoms with E-state index < -0.39 is 0 Å². The maximum Gasteiger partial charge on any atom is 0.225 e. The molecule has 3 rings (SSSR count). The fourth-order valence-electron chi connectivity index (χ4n) is 3.26. The van der Waals surface area contributed by atoms with Gasteiger partial charge < -0.3 is 20.7 Å². The van der Waals surface area contributed by atoms with E-state index in [1.807, 2.05) is 42.5 Å². The van der Waals surface area contributed by atoms with Crippen LogP contribution in [0, 0.1) is 0 Å². The number of halogens is 1. The van der Waals surface area contributed by atoms with Crippen molar-refractivity contribution < 1.29 is 9.53 Å². The quantitative estimate of drug-likeness (QED) is 0.274. The van der Waals surface area contributed by atoms with Crippen molar-refractivity contribution in [2.24, 2.45) is 4.99 Å². The molecule has 0 saturated carbocycles. The van der Waals surface area contributed by atoms with E-state index >= 15 is 0 Å². The number of morpholine rings is 1. The van der Waals surface area contributed by atoms with Crippen LogP contribution in [-0.4, -0.2) is 56.7 Å². The van der Waals surface area contributed by atoms with E-state index in [2.05, 4.69) is 38.0 Å². The molecule has 168 valence electrons. The number of hydrogen-bond acceptors (Lipinski definition) is 4. The van der Waals surface area contributed by atoms with Gasteiger partial charge in [-0.05, 0) is 23.3 Å². The van der Waals surface area contributed by atoms with Crippen LogP contribution in [-0.2, 0) is 22.6 Å². The van der Waals surface area contributed by atoms with Gasteiger partial charge in [0.25, 0.3) is 0 Å². The van der Waals surface area contributed by atoms with Gasteiger partial charge in [-0.2, -0.15) is 0 Å². The van der Waals surface area contributed by atoms with E-state index in [9.17, 15) is 4.79 Å². The SMILES string of the molecule is CN=C(NCc1ccccc1)NCc1cccc(NC(=O)CCN2CCOCC2)c1.I. The molecule has 0 spiro atoms. The number of nitrogens with one attached hydrogen (secondary N) is 3. The van der Waals surface area contributed by atoms with Crippen molar-refractivity contribution in [2.75, 3.05) is 45.2 Å². The van der Waals surface area contributed by atoms with Crippen molar-refractivity contribution in [3.05, 3.63) is 65.7 Å². The number of ether oxygens (including phenoxy) is 1. The maximum absolute atomic E-state index is 12.3. The summed E-state index contributed by atoms with van der Waals surface area (Å²) in [4.78, 5) is 18.8. The number of hydrogen-bond donors (Lipinski definition) is 3. The summed E-state index contributed by atoms with van der Waals surface area (Å²) in [6.07, 6.45) is 0.485. The Labute approximate surface area is 201 Å². The Morgan fingerprint density at radius 2 is 1.68 bits per heavy atom. The number of aliphatic imine (C=N–C) groups is 1. The van der Waals surface area contributed by atoms with Gasteiger partial charge in [-0.25, -0.2) is 0 Å². The van der Waals surface area contributed by atoms with Crippen LogP contribution in [0.1, 0.15) is 17.5 Å². The monoisotopic (exact) mass is 537 g/mol. The number of nitrogens with zero attached hydrogens (tertiary/aromatic N) is 2. The first-order valence-electron chi connectivity index (χ1n) is 10.4. The van der Waals surface area contributed by atoms with Crippen LogP contribution >= 0.6 is 24.0 Å². The van der Waals surface area contributed by atoms with Gasteiger partial charge in [0.2, 0.25) is 5.91 Å². The minimum Gasteiger partial charge on any atom is -0.379 e. The highest BCUT2D eigenvalue weighted by Gasteiger charge is 2.12. The molecule has 2 aromatic carbocycles. The Morgan fingerprint density at radius 3 is 2.39 bits per heavy atom. The first-order valence-corrected chi connectivity index (χ1v) is 10.4. The lowest BCUT2D eigenvalue weighted by Crippen LogP contribution is -2.38. The van der Waals surface area contributed by atoms with E-state index in [1.165, 1.54) is 5.56 Å². The predicted octanol–water partition coefficient (Wildman–Crippen LogP) is 2.83. The van der Waals surface area contributed by atoms with E-state index in [0.717, 1.165) is 50.1 Å². The zero-order valence-corrected chi connectivity index (χ0v) is 20.3. The fourth-order valence-corrected chi connectivity index (χ4v) is 3.26. The number of rotatable bonds is 8. The summed E-state index contributed by atoms with van der Waals surface area (Å²) in [5.74, 6) is 0.769. The number of amides is 1. The molecule has 0 bridgehead atoms. The van der Waals surface area contributed by atoms with Crippen LogP contribution in [0.3, 0.4) is 0 Å². The lowest BCUT2D eigenvalue weighted by molar-refractivity contribution is -0.116. The summed E-state index contributed by atoms with van der Waals surface area (Å²) in [6.45, 7) is 5.38. The predicted molar refractivity (Wildman–Crippen MR) is 136 cm³/mol. The van der Waals surface area contributed by atoms with Gasteiger partial charge in [0.1, 0.15) is 0 Å². The molecule has 1 saturated heterocycles. The Hall–Kier alpha value is -2.17. The third-order valence-corrected chi connectivity index (χ3v) is 4.96. The van der Waals surface area contributed by atoms with Crippen LogP contribution in [0.5, 0.6) is 0 Å². The van der Waals surface area contributed by atoms with Gasteiger partial charge in [0.15, 0.2) is 5.96 Å². The third kappa shape index (κ3) is 9.24. The van der Waals surface area contributed by atoms with E-state index in [0.29, 0.717) is 19.5 Å². The van der Waals surface area contributed by atoms with Crippen LogP contribution < -0.4 is 16.0 Å². The van der Waals surface area contributed by atoms with Crippen molar-refractivity contribution in [2.45, 2.75) is 19.5 Å². The van der Waals surface area contributed by atoms with Crippen molar-refractivity contribution in [1.29, 1.82) is 0 Å². The summed E-state index contributed by atoms with van der Waals surface area (Å²) in [5.41, 5.74) is 3.08. The van der Waals surface area contributed by atoms with Crippen molar-refractivity contribution in [1.82, 2.24) is 15.5 Å². The van der Waals surface area contributed by atoms with Gasteiger partial charge in [-0.3, -0.25) is 14.7 Å². The van der Waals surface area contributed by atoms with E-state index in [-0.39, 0.29) is 29.9 Å². The first-order chi connectivity index (χ1) is 14.7. The van der Waals surface area contributed by atoms with Gasteiger partial charge in [0, 0.05) is 51.9 Å². The molecule has 1 aliphatic heterocycles. The number of benzene rings is 2. The molecule has 31 heavy (non-hydrogen) atoms. The van der Waals surface area contributed by atoms with Gasteiger partial charge in [-0.1, -0.05) is 42.5 Å². The highest BCUT2D eigenvalue weighted by atomic mass is 127. The zero-order valence-electron chi connectivity index (χ0n) is 18.0. The average molecular weight is 537 g/mol. The highest BCUT2D eigenvalue weighted by molar-refractivity contribution is 14.0. The minimum atomic E-state index is 0. The molecule has 0 atom stereocenters. The Balaban J connectivity index is 0.00000341. The molecular weight excluding hydrogens is 505 g/mol.